The second-order valence-electron chi connectivity index (χ2n) is 5.35. The van der Waals surface area contributed by atoms with E-state index in [9.17, 15) is 0 Å². The third-order valence-corrected chi connectivity index (χ3v) is 3.36. The largest absolute Gasteiger partial charge is 0.381 e. The lowest BCUT2D eigenvalue weighted by Crippen LogP contribution is -2.23. The van der Waals surface area contributed by atoms with Crippen molar-refractivity contribution in [2.45, 2.75) is 25.9 Å². The fraction of sp³-hybridized carbons (Fsp3) is 0.562. The van der Waals surface area contributed by atoms with E-state index in [1.165, 1.54) is 12.8 Å². The summed E-state index contributed by atoms with van der Waals surface area (Å²) in [5.41, 5.74) is 7.90. The van der Waals surface area contributed by atoms with Crippen molar-refractivity contribution >= 4 is 35.6 Å². The van der Waals surface area contributed by atoms with Crippen LogP contribution in [0.2, 0.25) is 0 Å². The maximum Gasteiger partial charge on any atom is 0.193 e. The summed E-state index contributed by atoms with van der Waals surface area (Å²) in [6.07, 6.45) is 3.56. The van der Waals surface area contributed by atoms with Crippen molar-refractivity contribution in [2.75, 3.05) is 32.2 Å². The molecule has 2 rings (SSSR count). The number of rotatable bonds is 9. The number of ether oxygens (including phenoxy) is 2. The summed E-state index contributed by atoms with van der Waals surface area (Å²) in [5.74, 6) is 1.25. The fourth-order valence-electron chi connectivity index (χ4n) is 2.00. The van der Waals surface area contributed by atoms with Crippen molar-refractivity contribution in [3.63, 3.8) is 0 Å². The Kier molecular flexibility index (Phi) is 9.42. The zero-order chi connectivity index (χ0) is 14.9. The molecular weight excluding hydrogens is 393 g/mol. The molecule has 0 atom stereocenters. The Labute approximate surface area is 149 Å². The molecule has 0 amide bonds. The second-order valence-corrected chi connectivity index (χ2v) is 5.35. The van der Waals surface area contributed by atoms with Crippen LogP contribution in [0.3, 0.4) is 0 Å². The van der Waals surface area contributed by atoms with Crippen LogP contribution in [0.5, 0.6) is 0 Å². The standard InChI is InChI=1S/C16H25N3O2.HI/c1-20-12-14-5-2-3-6-15(14)19-16(17)18-9-4-10-21-11-13-7-8-13;/h2-3,5-6,13H,4,7-12H2,1H3,(H3,17,18,19);1H. The van der Waals surface area contributed by atoms with Crippen molar-refractivity contribution in [2.24, 2.45) is 16.6 Å². The summed E-state index contributed by atoms with van der Waals surface area (Å²) in [4.78, 5) is 4.32. The number of methoxy groups -OCH3 is 1. The predicted molar refractivity (Wildman–Crippen MR) is 101 cm³/mol. The lowest BCUT2D eigenvalue weighted by Gasteiger charge is -2.10. The van der Waals surface area contributed by atoms with Gasteiger partial charge in [0.2, 0.25) is 0 Å². The topological polar surface area (TPSA) is 68.9 Å². The Bertz CT molecular complexity index is 464. The highest BCUT2D eigenvalue weighted by Gasteiger charge is 2.20. The number of hydrogen-bond acceptors (Lipinski definition) is 3. The van der Waals surface area contributed by atoms with Gasteiger partial charge in [-0.1, -0.05) is 18.2 Å². The first kappa shape index (κ1) is 19.2. The number of benzene rings is 1. The molecular formula is C16H26IN3O2. The number of para-hydroxylation sites is 1. The first-order valence-corrected chi connectivity index (χ1v) is 7.51. The number of guanidine groups is 1. The van der Waals surface area contributed by atoms with Gasteiger partial charge in [0.25, 0.3) is 0 Å². The molecule has 22 heavy (non-hydrogen) atoms. The molecule has 1 saturated carbocycles. The van der Waals surface area contributed by atoms with Gasteiger partial charge in [0, 0.05) is 38.1 Å². The Balaban J connectivity index is 0.00000242. The van der Waals surface area contributed by atoms with Crippen LogP contribution in [0.1, 0.15) is 24.8 Å². The van der Waals surface area contributed by atoms with Crippen molar-refractivity contribution in [3.05, 3.63) is 29.8 Å². The minimum atomic E-state index is 0. The molecule has 0 radical (unpaired) electrons. The molecule has 1 aliphatic carbocycles. The van der Waals surface area contributed by atoms with E-state index >= 15 is 0 Å². The van der Waals surface area contributed by atoms with Gasteiger partial charge >= 0.3 is 0 Å². The molecule has 1 aromatic rings. The zero-order valence-electron chi connectivity index (χ0n) is 13.1. The molecule has 0 aliphatic heterocycles. The average Bonchev–Trinajstić information content (AvgIpc) is 3.29. The number of nitrogens with two attached hydrogens (primary N) is 1. The SMILES string of the molecule is COCc1ccccc1NC(N)=NCCCOCC1CC1.I. The molecule has 0 spiro atoms. The highest BCUT2D eigenvalue weighted by atomic mass is 127. The Morgan fingerprint density at radius 1 is 1.36 bits per heavy atom. The number of halogens is 1. The van der Waals surface area contributed by atoms with Crippen LogP contribution in [0.15, 0.2) is 29.3 Å². The molecule has 6 heteroatoms. The van der Waals surface area contributed by atoms with Gasteiger partial charge in [-0.2, -0.15) is 0 Å². The van der Waals surface area contributed by atoms with Crippen molar-refractivity contribution in [1.82, 2.24) is 0 Å². The first-order chi connectivity index (χ1) is 10.3. The summed E-state index contributed by atoms with van der Waals surface area (Å²) >= 11 is 0. The maximum atomic E-state index is 5.90. The monoisotopic (exact) mass is 419 g/mol. The lowest BCUT2D eigenvalue weighted by atomic mass is 10.2. The normalized spacial score (nSPS) is 14.5. The molecule has 1 aliphatic rings. The first-order valence-electron chi connectivity index (χ1n) is 7.51. The lowest BCUT2D eigenvalue weighted by molar-refractivity contribution is 0.123. The molecule has 3 N–H and O–H groups in total. The maximum absolute atomic E-state index is 5.90. The Hall–Kier alpha value is -0.860. The molecule has 5 nitrogen and oxygen atoms in total. The highest BCUT2D eigenvalue weighted by molar-refractivity contribution is 14.0. The number of hydrogen-bond donors (Lipinski definition) is 2. The average molecular weight is 419 g/mol. The summed E-state index contributed by atoms with van der Waals surface area (Å²) < 4.78 is 10.7. The van der Waals surface area contributed by atoms with E-state index in [4.69, 9.17) is 15.2 Å². The predicted octanol–water partition coefficient (Wildman–Crippen LogP) is 2.99. The van der Waals surface area contributed by atoms with Gasteiger partial charge in [0.05, 0.1) is 6.61 Å². The van der Waals surface area contributed by atoms with Crippen LogP contribution >= 0.6 is 24.0 Å². The number of nitrogens with zero attached hydrogens (tertiary/aromatic N) is 1. The van der Waals surface area contributed by atoms with E-state index in [0.717, 1.165) is 36.8 Å². The molecule has 1 fully saturated rings. The highest BCUT2D eigenvalue weighted by Crippen LogP contribution is 2.28. The second kappa shape index (κ2) is 10.8. The Morgan fingerprint density at radius 3 is 2.86 bits per heavy atom. The van der Waals surface area contributed by atoms with Gasteiger partial charge in [-0.05, 0) is 31.2 Å². The molecule has 124 valence electrons. The third kappa shape index (κ3) is 7.42. The van der Waals surface area contributed by atoms with Crippen molar-refractivity contribution in [1.29, 1.82) is 0 Å². The summed E-state index contributed by atoms with van der Waals surface area (Å²) in [7, 11) is 1.68. The van der Waals surface area contributed by atoms with E-state index in [0.29, 0.717) is 19.1 Å². The number of anilines is 1. The van der Waals surface area contributed by atoms with Gasteiger partial charge in [-0.25, -0.2) is 0 Å². The van der Waals surface area contributed by atoms with Crippen LogP contribution in [0, 0.1) is 5.92 Å². The minimum absolute atomic E-state index is 0. The zero-order valence-corrected chi connectivity index (χ0v) is 15.4. The molecule has 0 heterocycles. The quantitative estimate of drug-likeness (QED) is 0.280. The smallest absolute Gasteiger partial charge is 0.193 e. The van der Waals surface area contributed by atoms with E-state index in [1.54, 1.807) is 7.11 Å². The summed E-state index contributed by atoms with van der Waals surface area (Å²) in [6, 6.07) is 7.91. The minimum Gasteiger partial charge on any atom is -0.381 e. The molecule has 0 unspecified atom stereocenters. The third-order valence-electron chi connectivity index (χ3n) is 3.36. The van der Waals surface area contributed by atoms with Crippen LogP contribution in [-0.4, -0.2) is 32.8 Å². The van der Waals surface area contributed by atoms with Crippen LogP contribution < -0.4 is 11.1 Å². The Morgan fingerprint density at radius 2 is 2.14 bits per heavy atom. The van der Waals surface area contributed by atoms with Gasteiger partial charge in [-0.3, -0.25) is 4.99 Å². The van der Waals surface area contributed by atoms with Crippen molar-refractivity contribution in [3.8, 4) is 0 Å². The summed E-state index contributed by atoms with van der Waals surface area (Å²) in [6.45, 7) is 2.89. The number of nitrogens with one attached hydrogen (secondary N) is 1. The van der Waals surface area contributed by atoms with Gasteiger partial charge in [-0.15, -0.1) is 24.0 Å². The number of aliphatic imine (C=N–C) groups is 1. The van der Waals surface area contributed by atoms with Gasteiger partial charge < -0.3 is 20.5 Å². The van der Waals surface area contributed by atoms with Crippen LogP contribution in [-0.2, 0) is 16.1 Å². The summed E-state index contributed by atoms with van der Waals surface area (Å²) in [5, 5.41) is 3.12. The molecule has 0 aromatic heterocycles. The van der Waals surface area contributed by atoms with E-state index < -0.39 is 0 Å². The van der Waals surface area contributed by atoms with Crippen LogP contribution in [0.25, 0.3) is 0 Å². The van der Waals surface area contributed by atoms with Gasteiger partial charge in [0.15, 0.2) is 5.96 Å². The molecule has 0 bridgehead atoms. The van der Waals surface area contributed by atoms with Gasteiger partial charge in [0.1, 0.15) is 0 Å². The van der Waals surface area contributed by atoms with E-state index in [1.807, 2.05) is 24.3 Å². The van der Waals surface area contributed by atoms with E-state index in [-0.39, 0.29) is 24.0 Å². The molecule has 0 saturated heterocycles. The van der Waals surface area contributed by atoms with Crippen molar-refractivity contribution < 1.29 is 9.47 Å². The fourth-order valence-corrected chi connectivity index (χ4v) is 2.00. The van der Waals surface area contributed by atoms with Crippen LogP contribution in [0.4, 0.5) is 5.69 Å². The molecule has 1 aromatic carbocycles. The van der Waals surface area contributed by atoms with E-state index in [2.05, 4.69) is 10.3 Å².